The molecule has 2 N–H and O–H groups in total. The summed E-state index contributed by atoms with van der Waals surface area (Å²) in [6, 6.07) is 16.3. The number of carboxylic acid groups (broad SMARTS) is 1. The molecule has 3 aromatic rings. The van der Waals surface area contributed by atoms with Gasteiger partial charge in [0.05, 0.1) is 0 Å². The van der Waals surface area contributed by atoms with E-state index in [1.807, 2.05) is 0 Å². The summed E-state index contributed by atoms with van der Waals surface area (Å²) in [7, 11) is 0. The van der Waals surface area contributed by atoms with Gasteiger partial charge in [0.2, 0.25) is 0 Å². The third-order valence-electron chi connectivity index (χ3n) is 4.44. The van der Waals surface area contributed by atoms with Gasteiger partial charge in [0, 0.05) is 18.1 Å². The zero-order valence-corrected chi connectivity index (χ0v) is 15.0. The van der Waals surface area contributed by atoms with Crippen LogP contribution in [0, 0.1) is 17.5 Å². The zero-order valence-electron chi connectivity index (χ0n) is 15.0. The zero-order chi connectivity index (χ0) is 21.0. The van der Waals surface area contributed by atoms with Gasteiger partial charge in [-0.3, -0.25) is 4.79 Å². The van der Waals surface area contributed by atoms with Crippen molar-refractivity contribution in [2.45, 2.75) is 12.0 Å². The Bertz CT molecular complexity index is 963. The first kappa shape index (κ1) is 20.1. The summed E-state index contributed by atoms with van der Waals surface area (Å²) in [5, 5.41) is 12.0. The van der Waals surface area contributed by atoms with Crippen molar-refractivity contribution >= 4 is 11.9 Å². The summed E-state index contributed by atoms with van der Waals surface area (Å²) >= 11 is 0. The molecule has 0 saturated carbocycles. The van der Waals surface area contributed by atoms with E-state index in [4.69, 9.17) is 0 Å². The maximum Gasteiger partial charge on any atom is 0.327 e. The first-order valence-electron chi connectivity index (χ1n) is 8.66. The van der Waals surface area contributed by atoms with Gasteiger partial charge in [-0.25, -0.2) is 18.0 Å². The molecule has 29 heavy (non-hydrogen) atoms. The second-order valence-electron chi connectivity index (χ2n) is 6.33. The van der Waals surface area contributed by atoms with Gasteiger partial charge in [-0.1, -0.05) is 60.7 Å². The lowest BCUT2D eigenvalue weighted by molar-refractivity contribution is -0.139. The predicted octanol–water partition coefficient (Wildman–Crippen LogP) is 4.12. The van der Waals surface area contributed by atoms with Crippen molar-refractivity contribution in [3.05, 3.63) is 107 Å². The number of hydrogen-bond acceptors (Lipinski definition) is 2. The average molecular weight is 399 g/mol. The summed E-state index contributed by atoms with van der Waals surface area (Å²) in [6.45, 7) is 0. The highest BCUT2D eigenvalue weighted by Gasteiger charge is 2.33. The average Bonchev–Trinajstić information content (AvgIpc) is 2.68. The summed E-state index contributed by atoms with van der Waals surface area (Å²) in [5.41, 5.74) is 0.135. The van der Waals surface area contributed by atoms with Crippen LogP contribution in [-0.4, -0.2) is 23.0 Å². The predicted molar refractivity (Wildman–Crippen MR) is 99.9 cm³/mol. The Morgan fingerprint density at radius 2 is 1.24 bits per heavy atom. The second-order valence-corrected chi connectivity index (χ2v) is 6.33. The highest BCUT2D eigenvalue weighted by Crippen LogP contribution is 2.29. The molecule has 0 fully saturated rings. The quantitative estimate of drug-likeness (QED) is 0.655. The minimum atomic E-state index is -1.53. The van der Waals surface area contributed by atoms with Crippen LogP contribution >= 0.6 is 0 Å². The molecule has 0 unspecified atom stereocenters. The summed E-state index contributed by atoms with van der Waals surface area (Å²) < 4.78 is 41.1. The standard InChI is InChI=1S/C22H16F3NO3/c23-15-11-16(24)19(17(25)12-15)21(27)26-20(22(28)29)18(13-7-3-1-4-8-13)14-9-5-2-6-10-14/h1-12,18,20H,(H,26,27)(H,28,29)/t20-/m1/s1. The molecule has 1 amide bonds. The summed E-state index contributed by atoms with van der Waals surface area (Å²) in [6.07, 6.45) is 0. The molecule has 0 heterocycles. The van der Waals surface area contributed by atoms with Crippen molar-refractivity contribution in [3.8, 4) is 0 Å². The Morgan fingerprint density at radius 1 is 0.793 bits per heavy atom. The van der Waals surface area contributed by atoms with Crippen molar-refractivity contribution in [2.24, 2.45) is 0 Å². The van der Waals surface area contributed by atoms with Crippen LogP contribution < -0.4 is 5.32 Å². The fourth-order valence-corrected chi connectivity index (χ4v) is 3.16. The third kappa shape index (κ3) is 4.45. The number of hydrogen-bond donors (Lipinski definition) is 2. The first-order valence-corrected chi connectivity index (χ1v) is 8.66. The molecule has 0 aliphatic carbocycles. The van der Waals surface area contributed by atoms with Gasteiger partial charge in [0.15, 0.2) is 0 Å². The highest BCUT2D eigenvalue weighted by molar-refractivity contribution is 5.97. The van der Waals surface area contributed by atoms with Crippen molar-refractivity contribution in [1.82, 2.24) is 5.32 Å². The number of aliphatic carboxylic acids is 1. The molecule has 3 rings (SSSR count). The Hall–Kier alpha value is -3.61. The van der Waals surface area contributed by atoms with Gasteiger partial charge in [-0.2, -0.15) is 0 Å². The largest absolute Gasteiger partial charge is 0.480 e. The highest BCUT2D eigenvalue weighted by atomic mass is 19.1. The molecule has 1 atom stereocenters. The van der Waals surface area contributed by atoms with Gasteiger partial charge in [-0.15, -0.1) is 0 Å². The van der Waals surface area contributed by atoms with Crippen molar-refractivity contribution in [3.63, 3.8) is 0 Å². The van der Waals surface area contributed by atoms with E-state index in [1.165, 1.54) is 0 Å². The van der Waals surface area contributed by atoms with Gasteiger partial charge in [0.25, 0.3) is 5.91 Å². The van der Waals surface area contributed by atoms with Crippen LogP contribution in [0.1, 0.15) is 27.4 Å². The molecule has 148 valence electrons. The minimum Gasteiger partial charge on any atom is -0.480 e. The molecular formula is C22H16F3NO3. The fraction of sp³-hybridized carbons (Fsp3) is 0.0909. The van der Waals surface area contributed by atoms with E-state index in [9.17, 15) is 27.9 Å². The number of carbonyl (C=O) groups excluding carboxylic acids is 1. The smallest absolute Gasteiger partial charge is 0.327 e. The topological polar surface area (TPSA) is 66.4 Å². The molecular weight excluding hydrogens is 383 g/mol. The van der Waals surface area contributed by atoms with Crippen molar-refractivity contribution in [2.75, 3.05) is 0 Å². The molecule has 4 nitrogen and oxygen atoms in total. The monoisotopic (exact) mass is 399 g/mol. The number of nitrogens with one attached hydrogen (secondary N) is 1. The van der Waals surface area contributed by atoms with E-state index in [-0.39, 0.29) is 0 Å². The van der Waals surface area contributed by atoms with E-state index in [0.717, 1.165) is 0 Å². The van der Waals surface area contributed by atoms with Gasteiger partial charge in [0.1, 0.15) is 29.1 Å². The lowest BCUT2D eigenvalue weighted by Crippen LogP contribution is -2.45. The number of rotatable bonds is 6. The minimum absolute atomic E-state index is 0.361. The maximum absolute atomic E-state index is 14.0. The van der Waals surface area contributed by atoms with Gasteiger partial charge >= 0.3 is 5.97 Å². The van der Waals surface area contributed by atoms with Gasteiger partial charge < -0.3 is 10.4 Å². The van der Waals surface area contributed by atoms with E-state index in [2.05, 4.69) is 5.32 Å². The molecule has 0 saturated heterocycles. The van der Waals surface area contributed by atoms with Crippen LogP contribution in [0.3, 0.4) is 0 Å². The second kappa shape index (κ2) is 8.60. The van der Waals surface area contributed by atoms with E-state index in [1.54, 1.807) is 60.7 Å². The van der Waals surface area contributed by atoms with Crippen LogP contribution in [0.25, 0.3) is 0 Å². The summed E-state index contributed by atoms with van der Waals surface area (Å²) in [4.78, 5) is 24.5. The molecule has 0 spiro atoms. The molecule has 0 aliphatic heterocycles. The Labute approximate surface area is 164 Å². The van der Waals surface area contributed by atoms with Crippen molar-refractivity contribution in [1.29, 1.82) is 0 Å². The van der Waals surface area contributed by atoms with E-state index >= 15 is 0 Å². The molecule has 3 aromatic carbocycles. The van der Waals surface area contributed by atoms with Crippen LogP contribution in [-0.2, 0) is 4.79 Å². The van der Waals surface area contributed by atoms with E-state index in [0.29, 0.717) is 23.3 Å². The van der Waals surface area contributed by atoms with Crippen LogP contribution in [0.4, 0.5) is 13.2 Å². The SMILES string of the molecule is O=C(N[C@@H](C(=O)O)C(c1ccccc1)c1ccccc1)c1c(F)cc(F)cc1F. The molecule has 0 aromatic heterocycles. The number of carbonyl (C=O) groups is 2. The first-order chi connectivity index (χ1) is 13.9. The Kier molecular flexibility index (Phi) is 5.97. The maximum atomic E-state index is 14.0. The fourth-order valence-electron chi connectivity index (χ4n) is 3.16. The molecule has 0 aliphatic rings. The van der Waals surface area contributed by atoms with Gasteiger partial charge in [-0.05, 0) is 11.1 Å². The lowest BCUT2D eigenvalue weighted by atomic mass is 9.85. The molecule has 0 bridgehead atoms. The van der Waals surface area contributed by atoms with E-state index < -0.39 is 46.9 Å². The van der Waals surface area contributed by atoms with Crippen LogP contribution in [0.15, 0.2) is 72.8 Å². The molecule has 7 heteroatoms. The number of carboxylic acids is 1. The van der Waals surface area contributed by atoms with Crippen LogP contribution in [0.5, 0.6) is 0 Å². The Morgan fingerprint density at radius 3 is 1.66 bits per heavy atom. The number of benzene rings is 3. The Balaban J connectivity index is 2.03. The number of amides is 1. The normalized spacial score (nSPS) is 11.9. The summed E-state index contributed by atoms with van der Waals surface area (Å²) in [5.74, 6) is -7.52. The van der Waals surface area contributed by atoms with Crippen LogP contribution in [0.2, 0.25) is 0 Å². The van der Waals surface area contributed by atoms with Crippen molar-refractivity contribution < 1.29 is 27.9 Å². The number of halogens is 3. The third-order valence-corrected chi connectivity index (χ3v) is 4.44. The lowest BCUT2D eigenvalue weighted by Gasteiger charge is -2.26. The molecule has 0 radical (unpaired) electrons.